The fourth-order valence-corrected chi connectivity index (χ4v) is 4.22. The van der Waals surface area contributed by atoms with E-state index in [0.29, 0.717) is 0 Å². The summed E-state index contributed by atoms with van der Waals surface area (Å²) in [6.45, 7) is 0.841. The lowest BCUT2D eigenvalue weighted by Gasteiger charge is -2.33. The molecule has 25 heavy (non-hydrogen) atoms. The van der Waals surface area contributed by atoms with Crippen molar-refractivity contribution in [1.29, 1.82) is 0 Å². The van der Waals surface area contributed by atoms with Crippen LogP contribution in [-0.2, 0) is 10.0 Å². The molecule has 1 aliphatic heterocycles. The zero-order valence-corrected chi connectivity index (χ0v) is 15.3. The average molecular weight is 401 g/mol. The molecule has 0 atom stereocenters. The maximum absolute atomic E-state index is 12.6. The zero-order valence-electron chi connectivity index (χ0n) is 13.0. The van der Waals surface area contributed by atoms with Crippen LogP contribution in [0.5, 0.6) is 0 Å². The highest BCUT2D eigenvalue weighted by Gasteiger charge is 2.31. The molecule has 3 rings (SSSR count). The molecule has 0 unspecified atom stereocenters. The molecule has 1 fully saturated rings. The second kappa shape index (κ2) is 7.25. The molecule has 7 nitrogen and oxygen atoms in total. The van der Waals surface area contributed by atoms with Crippen molar-refractivity contribution in [3.8, 4) is 0 Å². The molecule has 0 N–H and O–H groups in total. The minimum atomic E-state index is -3.62. The number of aromatic nitrogens is 2. The first-order valence-electron chi connectivity index (χ1n) is 7.41. The Morgan fingerprint density at radius 2 is 1.80 bits per heavy atom. The number of carbonyl (C=O) groups excluding carboxylic acids is 1. The van der Waals surface area contributed by atoms with Crippen molar-refractivity contribution in [1.82, 2.24) is 19.2 Å². The Balaban J connectivity index is 1.72. The summed E-state index contributed by atoms with van der Waals surface area (Å²) in [5.74, 6) is -0.370. The molecule has 1 saturated heterocycles. The van der Waals surface area contributed by atoms with Gasteiger partial charge in [0.2, 0.25) is 10.0 Å². The van der Waals surface area contributed by atoms with E-state index < -0.39 is 10.0 Å². The summed E-state index contributed by atoms with van der Waals surface area (Å²) in [6.07, 6.45) is 2.82. The molecule has 1 amide bonds. The molecule has 0 spiro atoms. The van der Waals surface area contributed by atoms with Crippen LogP contribution in [0.4, 0.5) is 0 Å². The highest BCUT2D eigenvalue weighted by Crippen LogP contribution is 2.21. The lowest BCUT2D eigenvalue weighted by molar-refractivity contribution is 0.0692. The van der Waals surface area contributed by atoms with E-state index >= 15 is 0 Å². The van der Waals surface area contributed by atoms with Gasteiger partial charge in [0.05, 0.1) is 5.02 Å². The molecule has 0 aliphatic carbocycles. The normalized spacial score (nSPS) is 16.0. The molecular weight excluding hydrogens is 387 g/mol. The third-order valence-corrected chi connectivity index (χ3v) is 6.21. The lowest BCUT2D eigenvalue weighted by Crippen LogP contribution is -2.50. The number of halogens is 2. The van der Waals surface area contributed by atoms with Crippen molar-refractivity contribution in [3.05, 3.63) is 52.5 Å². The Morgan fingerprint density at radius 1 is 1.08 bits per heavy atom. The molecule has 3 heterocycles. The van der Waals surface area contributed by atoms with Gasteiger partial charge in [-0.05, 0) is 24.3 Å². The first kappa shape index (κ1) is 18.1. The van der Waals surface area contributed by atoms with Gasteiger partial charge in [0.15, 0.2) is 0 Å². The van der Waals surface area contributed by atoms with Gasteiger partial charge in [-0.15, -0.1) is 0 Å². The lowest BCUT2D eigenvalue weighted by atomic mass is 10.3. The molecule has 132 valence electrons. The van der Waals surface area contributed by atoms with Gasteiger partial charge in [0.25, 0.3) is 5.91 Å². The number of rotatable bonds is 3. The fourth-order valence-electron chi connectivity index (χ4n) is 2.50. The van der Waals surface area contributed by atoms with Crippen LogP contribution in [0.3, 0.4) is 0 Å². The molecule has 2 aromatic heterocycles. The van der Waals surface area contributed by atoms with Crippen molar-refractivity contribution in [2.24, 2.45) is 0 Å². The largest absolute Gasteiger partial charge is 0.335 e. The average Bonchev–Trinajstić information content (AvgIpc) is 2.64. The zero-order chi connectivity index (χ0) is 18.0. The molecule has 0 saturated carbocycles. The quantitative estimate of drug-likeness (QED) is 0.734. The summed E-state index contributed by atoms with van der Waals surface area (Å²) in [6, 6.07) is 6.07. The summed E-state index contributed by atoms with van der Waals surface area (Å²) in [5, 5.41) is 0.380. The second-order valence-electron chi connectivity index (χ2n) is 5.35. The van der Waals surface area contributed by atoms with E-state index in [1.807, 2.05) is 0 Å². The number of pyridine rings is 2. The van der Waals surface area contributed by atoms with Gasteiger partial charge in [0, 0.05) is 38.6 Å². The van der Waals surface area contributed by atoms with Crippen LogP contribution in [-0.4, -0.2) is 59.7 Å². The minimum Gasteiger partial charge on any atom is -0.335 e. The Bertz CT molecular complexity index is 885. The Labute approximate surface area is 155 Å². The predicted molar refractivity (Wildman–Crippen MR) is 93.2 cm³/mol. The number of hydrogen-bond donors (Lipinski definition) is 0. The predicted octanol–water partition coefficient (Wildman–Crippen LogP) is 1.93. The maximum atomic E-state index is 12.6. The van der Waals surface area contributed by atoms with Crippen molar-refractivity contribution in [2.75, 3.05) is 26.2 Å². The monoisotopic (exact) mass is 400 g/mol. The Kier molecular flexibility index (Phi) is 5.24. The van der Waals surface area contributed by atoms with Crippen LogP contribution >= 0.6 is 23.2 Å². The van der Waals surface area contributed by atoms with Gasteiger partial charge in [-0.1, -0.05) is 23.2 Å². The van der Waals surface area contributed by atoms with E-state index in [-0.39, 0.29) is 52.9 Å². The molecule has 0 radical (unpaired) electrons. The number of amides is 1. The first-order chi connectivity index (χ1) is 11.9. The summed E-state index contributed by atoms with van der Waals surface area (Å²) in [5.41, 5.74) is 0.0673. The Morgan fingerprint density at radius 3 is 2.44 bits per heavy atom. The molecule has 2 aromatic rings. The van der Waals surface area contributed by atoms with Gasteiger partial charge in [0.1, 0.15) is 15.7 Å². The highest BCUT2D eigenvalue weighted by atomic mass is 35.5. The van der Waals surface area contributed by atoms with E-state index in [0.717, 1.165) is 0 Å². The van der Waals surface area contributed by atoms with Crippen molar-refractivity contribution >= 4 is 39.1 Å². The fraction of sp³-hybridized carbons (Fsp3) is 0.267. The van der Waals surface area contributed by atoms with Crippen LogP contribution in [0.1, 0.15) is 10.5 Å². The number of hydrogen-bond acceptors (Lipinski definition) is 5. The Hall–Kier alpha value is -1.74. The molecular formula is C15H14Cl2N4O3S. The number of piperazine rings is 1. The van der Waals surface area contributed by atoms with Crippen LogP contribution in [0, 0.1) is 0 Å². The van der Waals surface area contributed by atoms with Gasteiger partial charge in [-0.3, -0.25) is 9.78 Å². The maximum Gasteiger partial charge on any atom is 0.274 e. The van der Waals surface area contributed by atoms with Crippen molar-refractivity contribution < 1.29 is 13.2 Å². The molecule has 0 aromatic carbocycles. The topological polar surface area (TPSA) is 83.5 Å². The number of sulfonamides is 1. The van der Waals surface area contributed by atoms with Gasteiger partial charge < -0.3 is 4.90 Å². The molecule has 1 aliphatic rings. The van der Waals surface area contributed by atoms with Crippen LogP contribution in [0.15, 0.2) is 41.6 Å². The standard InChI is InChI=1S/C15H14Cl2N4O3S/c16-12-3-4-13(17)19-14(12)15(22)20-6-8-21(9-7-20)25(23,24)11-2-1-5-18-10-11/h1-5,10H,6-9H2. The number of nitrogens with zero attached hydrogens (tertiary/aromatic N) is 4. The number of carbonyl (C=O) groups is 1. The summed E-state index contributed by atoms with van der Waals surface area (Å²) >= 11 is 11.8. The molecule has 0 bridgehead atoms. The second-order valence-corrected chi connectivity index (χ2v) is 8.08. The first-order valence-corrected chi connectivity index (χ1v) is 9.60. The smallest absolute Gasteiger partial charge is 0.274 e. The van der Waals surface area contributed by atoms with Gasteiger partial charge >= 0.3 is 0 Å². The van der Waals surface area contributed by atoms with E-state index in [4.69, 9.17) is 23.2 Å². The van der Waals surface area contributed by atoms with Gasteiger partial charge in [-0.2, -0.15) is 4.31 Å². The SMILES string of the molecule is O=C(c1nc(Cl)ccc1Cl)N1CCN(S(=O)(=O)c2cccnc2)CC1. The van der Waals surface area contributed by atoms with Crippen molar-refractivity contribution in [3.63, 3.8) is 0 Å². The van der Waals surface area contributed by atoms with E-state index in [1.54, 1.807) is 6.07 Å². The van der Waals surface area contributed by atoms with Crippen LogP contribution in [0.25, 0.3) is 0 Å². The van der Waals surface area contributed by atoms with Crippen molar-refractivity contribution in [2.45, 2.75) is 4.90 Å². The summed E-state index contributed by atoms with van der Waals surface area (Å²) in [4.78, 5) is 22.0. The summed E-state index contributed by atoms with van der Waals surface area (Å²) < 4.78 is 26.5. The van der Waals surface area contributed by atoms with Crippen LogP contribution in [0.2, 0.25) is 10.2 Å². The van der Waals surface area contributed by atoms with E-state index in [1.165, 1.54) is 39.8 Å². The summed E-state index contributed by atoms with van der Waals surface area (Å²) in [7, 11) is -3.62. The minimum absolute atomic E-state index is 0.0673. The van der Waals surface area contributed by atoms with E-state index in [9.17, 15) is 13.2 Å². The van der Waals surface area contributed by atoms with E-state index in [2.05, 4.69) is 9.97 Å². The third-order valence-electron chi connectivity index (χ3n) is 3.81. The molecule has 10 heteroatoms. The highest BCUT2D eigenvalue weighted by molar-refractivity contribution is 7.89. The van der Waals surface area contributed by atoms with Gasteiger partial charge in [-0.25, -0.2) is 13.4 Å². The van der Waals surface area contributed by atoms with Crippen LogP contribution < -0.4 is 0 Å². The third kappa shape index (κ3) is 3.77.